The molecule has 1 aromatic heterocycles. The van der Waals surface area contributed by atoms with Gasteiger partial charge < -0.3 is 4.74 Å². The summed E-state index contributed by atoms with van der Waals surface area (Å²) in [6.07, 6.45) is -4.22. The quantitative estimate of drug-likeness (QED) is 0.627. The first kappa shape index (κ1) is 16.5. The lowest BCUT2D eigenvalue weighted by atomic mass is 9.99. The molecule has 0 saturated heterocycles. The second-order valence-electron chi connectivity index (χ2n) is 5.23. The van der Waals surface area contributed by atoms with Crippen LogP contribution in [-0.4, -0.2) is 11.5 Å². The van der Waals surface area contributed by atoms with Gasteiger partial charge in [-0.2, -0.15) is 17.5 Å². The number of hydrogen-bond acceptors (Lipinski definition) is 3. The third kappa shape index (κ3) is 3.43. The Morgan fingerprint density at radius 2 is 1.67 bits per heavy atom. The number of ether oxygens (including phenoxy) is 1. The Morgan fingerprint density at radius 3 is 2.25 bits per heavy atom. The summed E-state index contributed by atoms with van der Waals surface area (Å²) in [6.45, 7) is 0. The minimum Gasteiger partial charge on any atom is -0.497 e. The van der Waals surface area contributed by atoms with Gasteiger partial charge in [-0.25, -0.2) is 0 Å². The third-order valence-corrected chi connectivity index (χ3v) is 4.57. The van der Waals surface area contributed by atoms with Crippen molar-refractivity contribution in [3.8, 4) is 17.0 Å². The van der Waals surface area contributed by atoms with Crippen LogP contribution in [0.2, 0.25) is 0 Å². The van der Waals surface area contributed by atoms with Crippen LogP contribution in [0.25, 0.3) is 11.3 Å². The Labute approximate surface area is 141 Å². The van der Waals surface area contributed by atoms with Crippen LogP contribution >= 0.6 is 11.5 Å². The Morgan fingerprint density at radius 1 is 1.00 bits per heavy atom. The second-order valence-corrected chi connectivity index (χ2v) is 6.00. The Hall–Kier alpha value is -2.34. The largest absolute Gasteiger partial charge is 0.497 e. The van der Waals surface area contributed by atoms with Crippen molar-refractivity contribution in [2.75, 3.05) is 7.11 Å². The molecule has 0 aliphatic rings. The molecule has 6 heteroatoms. The van der Waals surface area contributed by atoms with Gasteiger partial charge in [-0.15, -0.1) is 0 Å². The minimum absolute atomic E-state index is 0.188. The molecule has 0 radical (unpaired) electrons. The number of benzene rings is 2. The summed E-state index contributed by atoms with van der Waals surface area (Å²) in [4.78, 5) is -0.642. The molecule has 0 amide bonds. The van der Waals surface area contributed by atoms with Crippen molar-refractivity contribution >= 4 is 11.5 Å². The van der Waals surface area contributed by atoms with E-state index >= 15 is 0 Å². The van der Waals surface area contributed by atoms with Crippen LogP contribution in [0, 0.1) is 0 Å². The van der Waals surface area contributed by atoms with Crippen LogP contribution in [0.3, 0.4) is 0 Å². The third-order valence-electron chi connectivity index (χ3n) is 3.63. The highest BCUT2D eigenvalue weighted by Gasteiger charge is 2.37. The van der Waals surface area contributed by atoms with Gasteiger partial charge in [-0.05, 0) is 41.4 Å². The number of alkyl halides is 3. The molecule has 3 rings (SSSR count). The fraction of sp³-hybridized carbons (Fsp3) is 0.167. The van der Waals surface area contributed by atoms with Crippen LogP contribution < -0.4 is 4.74 Å². The topological polar surface area (TPSA) is 22.1 Å². The van der Waals surface area contributed by atoms with E-state index in [-0.39, 0.29) is 12.0 Å². The molecular formula is C18H14F3NOS. The average molecular weight is 349 g/mol. The molecule has 2 nitrogen and oxygen atoms in total. The zero-order chi connectivity index (χ0) is 17.2. The molecule has 24 heavy (non-hydrogen) atoms. The van der Waals surface area contributed by atoms with Gasteiger partial charge >= 0.3 is 6.18 Å². The number of rotatable bonds is 4. The summed E-state index contributed by atoms with van der Waals surface area (Å²) in [5.74, 6) is 0.648. The van der Waals surface area contributed by atoms with E-state index in [1.165, 1.54) is 0 Å². The van der Waals surface area contributed by atoms with Crippen LogP contribution in [-0.2, 0) is 12.6 Å². The molecule has 2 aromatic carbocycles. The first-order chi connectivity index (χ1) is 11.5. The molecule has 0 fully saturated rings. The van der Waals surface area contributed by atoms with Gasteiger partial charge in [0.25, 0.3) is 0 Å². The molecule has 1 heterocycles. The molecule has 0 N–H and O–H groups in total. The van der Waals surface area contributed by atoms with E-state index in [1.807, 2.05) is 30.3 Å². The zero-order valence-corrected chi connectivity index (χ0v) is 13.6. The number of hydrogen-bond donors (Lipinski definition) is 0. The van der Waals surface area contributed by atoms with Crippen molar-refractivity contribution in [2.24, 2.45) is 0 Å². The first-order valence-corrected chi connectivity index (χ1v) is 8.00. The van der Waals surface area contributed by atoms with Crippen molar-refractivity contribution in [2.45, 2.75) is 12.6 Å². The van der Waals surface area contributed by atoms with E-state index in [9.17, 15) is 13.2 Å². The molecule has 124 valence electrons. The Balaban J connectivity index is 2.07. The van der Waals surface area contributed by atoms with E-state index in [4.69, 9.17) is 4.74 Å². The van der Waals surface area contributed by atoms with Crippen molar-refractivity contribution in [3.05, 3.63) is 70.6 Å². The van der Waals surface area contributed by atoms with Gasteiger partial charge in [-0.1, -0.05) is 30.3 Å². The normalized spacial score (nSPS) is 11.5. The van der Waals surface area contributed by atoms with Gasteiger partial charge in [0.2, 0.25) is 0 Å². The van der Waals surface area contributed by atoms with Crippen molar-refractivity contribution in [1.29, 1.82) is 0 Å². The highest BCUT2D eigenvalue weighted by Crippen LogP contribution is 2.40. The molecule has 0 spiro atoms. The molecule has 0 bridgehead atoms. The summed E-state index contributed by atoms with van der Waals surface area (Å²) in [6, 6.07) is 16.0. The second kappa shape index (κ2) is 6.65. The van der Waals surface area contributed by atoms with Crippen LogP contribution in [0.4, 0.5) is 13.2 Å². The number of aromatic nitrogens is 1. The molecule has 0 saturated carbocycles. The Kier molecular flexibility index (Phi) is 4.57. The Bertz CT molecular complexity index is 811. The van der Waals surface area contributed by atoms with Gasteiger partial charge in [0, 0.05) is 17.5 Å². The molecule has 0 unspecified atom stereocenters. The zero-order valence-electron chi connectivity index (χ0n) is 12.8. The van der Waals surface area contributed by atoms with Crippen molar-refractivity contribution in [1.82, 2.24) is 4.37 Å². The predicted octanol–water partition coefficient (Wildman–Crippen LogP) is 5.43. The lowest BCUT2D eigenvalue weighted by Gasteiger charge is -2.09. The fourth-order valence-corrected chi connectivity index (χ4v) is 3.25. The smallest absolute Gasteiger partial charge is 0.427 e. The highest BCUT2D eigenvalue weighted by atomic mass is 32.1. The number of methoxy groups -OCH3 is 1. The summed E-state index contributed by atoms with van der Waals surface area (Å²) < 4.78 is 49.2. The van der Waals surface area contributed by atoms with Crippen LogP contribution in [0.1, 0.15) is 16.0 Å². The molecule has 0 aliphatic carbocycles. The van der Waals surface area contributed by atoms with Crippen LogP contribution in [0.15, 0.2) is 54.6 Å². The van der Waals surface area contributed by atoms with Crippen molar-refractivity contribution < 1.29 is 17.9 Å². The summed E-state index contributed by atoms with van der Waals surface area (Å²) >= 11 is 0.501. The van der Waals surface area contributed by atoms with E-state index in [0.717, 1.165) is 5.56 Å². The lowest BCUT2D eigenvalue weighted by Crippen LogP contribution is -2.06. The van der Waals surface area contributed by atoms with Gasteiger partial charge in [0.15, 0.2) is 0 Å². The maximum atomic E-state index is 13.3. The number of halogens is 3. The lowest BCUT2D eigenvalue weighted by molar-refractivity contribution is -0.134. The average Bonchev–Trinajstić information content (AvgIpc) is 3.00. The summed E-state index contributed by atoms with van der Waals surface area (Å²) in [5.41, 5.74) is 2.05. The van der Waals surface area contributed by atoms with E-state index in [0.29, 0.717) is 28.5 Å². The van der Waals surface area contributed by atoms with E-state index < -0.39 is 11.1 Å². The molecule has 3 aromatic rings. The predicted molar refractivity (Wildman–Crippen MR) is 88.4 cm³/mol. The number of nitrogens with zero attached hydrogens (tertiary/aromatic N) is 1. The van der Waals surface area contributed by atoms with E-state index in [1.54, 1.807) is 31.4 Å². The standard InChI is InChI=1S/C18H14F3NOS/c1-23-14-9-7-13(8-10-14)16-15(11-12-5-3-2-4-6-12)17(24-22-16)18(19,20)21/h2-10H,11H2,1H3. The molecule has 0 atom stereocenters. The molecule has 0 aliphatic heterocycles. The van der Waals surface area contributed by atoms with Gasteiger partial charge in [-0.3, -0.25) is 0 Å². The highest BCUT2D eigenvalue weighted by molar-refractivity contribution is 7.06. The van der Waals surface area contributed by atoms with Crippen molar-refractivity contribution in [3.63, 3.8) is 0 Å². The fourth-order valence-electron chi connectivity index (χ4n) is 2.47. The van der Waals surface area contributed by atoms with Gasteiger partial charge in [0.1, 0.15) is 10.6 Å². The molecular weight excluding hydrogens is 335 g/mol. The maximum absolute atomic E-state index is 13.3. The summed E-state index contributed by atoms with van der Waals surface area (Å²) in [7, 11) is 1.54. The SMILES string of the molecule is COc1ccc(-c2nsc(C(F)(F)F)c2Cc2ccccc2)cc1. The van der Waals surface area contributed by atoms with Crippen LogP contribution in [0.5, 0.6) is 5.75 Å². The maximum Gasteiger partial charge on any atom is 0.427 e. The monoisotopic (exact) mass is 349 g/mol. The summed E-state index contributed by atoms with van der Waals surface area (Å²) in [5, 5.41) is 0. The first-order valence-electron chi connectivity index (χ1n) is 7.23. The van der Waals surface area contributed by atoms with E-state index in [2.05, 4.69) is 4.37 Å². The minimum atomic E-state index is -4.41. The van der Waals surface area contributed by atoms with Gasteiger partial charge in [0.05, 0.1) is 12.8 Å².